The van der Waals surface area contributed by atoms with Gasteiger partial charge in [-0.25, -0.2) is 4.79 Å². The van der Waals surface area contributed by atoms with E-state index in [0.29, 0.717) is 0 Å². The molecule has 100 valence electrons. The summed E-state index contributed by atoms with van der Waals surface area (Å²) < 4.78 is 1.22. The van der Waals surface area contributed by atoms with Crippen molar-refractivity contribution in [3.63, 3.8) is 0 Å². The molecular weight excluding hydrogens is 262 g/mol. The Bertz CT molecular complexity index is 873. The molecule has 0 amide bonds. The molecule has 20 heavy (non-hydrogen) atoms. The summed E-state index contributed by atoms with van der Waals surface area (Å²) in [6, 6.07) is 4.24. The summed E-state index contributed by atoms with van der Waals surface area (Å²) in [5.41, 5.74) is -1.40. The molecule has 1 aromatic carbocycles. The zero-order chi connectivity index (χ0) is 14.9. The minimum absolute atomic E-state index is 0.0184. The summed E-state index contributed by atoms with van der Waals surface area (Å²) >= 11 is 0. The van der Waals surface area contributed by atoms with Crippen molar-refractivity contribution in [2.24, 2.45) is 0 Å². The van der Waals surface area contributed by atoms with E-state index < -0.39 is 22.6 Å². The van der Waals surface area contributed by atoms with Crippen LogP contribution in [-0.2, 0) is 6.54 Å². The molecule has 0 aliphatic heterocycles. The van der Waals surface area contributed by atoms with Crippen molar-refractivity contribution in [3.8, 4) is 18.1 Å². The van der Waals surface area contributed by atoms with Crippen LogP contribution in [-0.4, -0.2) is 20.7 Å². The van der Waals surface area contributed by atoms with Crippen LogP contribution in [0, 0.1) is 12.3 Å². The van der Waals surface area contributed by atoms with Crippen LogP contribution in [0.15, 0.2) is 33.9 Å². The Labute approximate surface area is 112 Å². The highest BCUT2D eigenvalue weighted by atomic mass is 16.4. The van der Waals surface area contributed by atoms with Crippen molar-refractivity contribution in [2.75, 3.05) is 0 Å². The Morgan fingerprint density at radius 3 is 2.55 bits per heavy atom. The molecule has 0 unspecified atom stereocenters. The number of carboxylic acid groups (broad SMARTS) is 1. The lowest BCUT2D eigenvalue weighted by Gasteiger charge is -2.10. The second-order valence-electron chi connectivity index (χ2n) is 4.02. The van der Waals surface area contributed by atoms with Crippen molar-refractivity contribution in [1.29, 1.82) is 0 Å². The molecule has 1 aromatic heterocycles. The first-order valence-corrected chi connectivity index (χ1v) is 5.53. The van der Waals surface area contributed by atoms with Gasteiger partial charge in [0.15, 0.2) is 11.2 Å². The zero-order valence-corrected chi connectivity index (χ0v) is 10.2. The zero-order valence-electron chi connectivity index (χ0n) is 10.2. The number of pyridine rings is 1. The van der Waals surface area contributed by atoms with E-state index in [4.69, 9.17) is 11.5 Å². The van der Waals surface area contributed by atoms with Crippen molar-refractivity contribution >= 4 is 16.9 Å². The van der Waals surface area contributed by atoms with Gasteiger partial charge in [-0.05, 0) is 18.2 Å². The molecule has 0 aliphatic rings. The molecule has 6 nitrogen and oxygen atoms in total. The molecule has 2 rings (SSSR count). The van der Waals surface area contributed by atoms with Crippen LogP contribution >= 0.6 is 0 Å². The van der Waals surface area contributed by atoms with Crippen LogP contribution < -0.4 is 10.9 Å². The monoisotopic (exact) mass is 271 g/mol. The highest BCUT2D eigenvalue weighted by molar-refractivity contribution is 5.90. The normalized spacial score (nSPS) is 10.2. The van der Waals surface area contributed by atoms with E-state index in [9.17, 15) is 19.5 Å². The number of aromatic nitrogens is 1. The molecule has 1 heterocycles. The molecule has 0 atom stereocenters. The maximum atomic E-state index is 11.9. The molecule has 2 N–H and O–H groups in total. The summed E-state index contributed by atoms with van der Waals surface area (Å²) in [5.74, 6) is 0.389. The summed E-state index contributed by atoms with van der Waals surface area (Å²) in [5, 5.41) is 18.6. The fourth-order valence-corrected chi connectivity index (χ4v) is 1.89. The van der Waals surface area contributed by atoms with Crippen LogP contribution in [0.1, 0.15) is 10.5 Å². The van der Waals surface area contributed by atoms with Gasteiger partial charge in [0.25, 0.3) is 0 Å². The summed E-state index contributed by atoms with van der Waals surface area (Å²) in [6.07, 6.45) is 5.20. The van der Waals surface area contributed by atoms with E-state index in [1.54, 1.807) is 0 Å². The minimum atomic E-state index is -1.31. The predicted octanol–water partition coefficient (Wildman–Crippen LogP) is 0.399. The van der Waals surface area contributed by atoms with Crippen molar-refractivity contribution in [1.82, 2.24) is 4.57 Å². The first-order chi connectivity index (χ1) is 9.45. The molecular formula is C14H9NO5. The molecule has 0 fully saturated rings. The number of carbonyl (C=O) groups is 1. The van der Waals surface area contributed by atoms with Crippen molar-refractivity contribution < 1.29 is 15.0 Å². The fourth-order valence-electron chi connectivity index (χ4n) is 1.89. The fraction of sp³-hybridized carbons (Fsp3) is 0.0714. The average molecular weight is 271 g/mol. The molecule has 6 heteroatoms. The number of rotatable bonds is 2. The Kier molecular flexibility index (Phi) is 3.27. The van der Waals surface area contributed by atoms with Crippen LogP contribution in [0.2, 0.25) is 0 Å². The van der Waals surface area contributed by atoms with E-state index in [0.717, 1.165) is 18.2 Å². The summed E-state index contributed by atoms with van der Waals surface area (Å²) in [4.78, 5) is 34.5. The SMILES string of the molecule is C#CCn1c(C(=O)O)cc(=O)c2cc(O)c(=O)ccc21. The molecule has 2 aromatic rings. The second-order valence-corrected chi connectivity index (χ2v) is 4.02. The van der Waals surface area contributed by atoms with Gasteiger partial charge in [-0.3, -0.25) is 9.59 Å². The summed E-state index contributed by atoms with van der Waals surface area (Å²) in [7, 11) is 0. The van der Waals surface area contributed by atoms with Crippen molar-refractivity contribution in [3.05, 3.63) is 50.4 Å². The number of nitrogens with zero attached hydrogens (tertiary/aromatic N) is 1. The van der Waals surface area contributed by atoms with E-state index in [1.165, 1.54) is 10.6 Å². The van der Waals surface area contributed by atoms with Gasteiger partial charge >= 0.3 is 5.97 Å². The van der Waals surface area contributed by atoms with Crippen LogP contribution in [0.4, 0.5) is 0 Å². The van der Waals surface area contributed by atoms with Gasteiger partial charge in [0.2, 0.25) is 5.43 Å². The molecule has 0 saturated carbocycles. The lowest BCUT2D eigenvalue weighted by molar-refractivity contribution is 0.0685. The molecule has 0 spiro atoms. The Morgan fingerprint density at radius 1 is 1.25 bits per heavy atom. The standard InChI is InChI=1S/C14H9NO5/c1-2-5-15-9-3-4-11(16)13(18)6-8(9)12(17)7-10(15)14(19)20/h1,3-4,6-7H,5H2,(H,16,18)(H,19,20). The lowest BCUT2D eigenvalue weighted by Crippen LogP contribution is -2.17. The first-order valence-electron chi connectivity index (χ1n) is 5.53. The molecule has 0 aliphatic carbocycles. The van der Waals surface area contributed by atoms with Gasteiger partial charge < -0.3 is 14.8 Å². The number of hydrogen-bond acceptors (Lipinski definition) is 4. The van der Waals surface area contributed by atoms with E-state index in [2.05, 4.69) is 5.92 Å². The average Bonchev–Trinajstić information content (AvgIpc) is 2.54. The van der Waals surface area contributed by atoms with Crippen LogP contribution in [0.3, 0.4) is 0 Å². The van der Waals surface area contributed by atoms with E-state index >= 15 is 0 Å². The van der Waals surface area contributed by atoms with Gasteiger partial charge in [-0.1, -0.05) is 5.92 Å². The topological polar surface area (TPSA) is 96.6 Å². The van der Waals surface area contributed by atoms with Gasteiger partial charge in [0.1, 0.15) is 5.69 Å². The van der Waals surface area contributed by atoms with Crippen LogP contribution in [0.25, 0.3) is 10.9 Å². The number of fused-ring (bicyclic) bond motifs is 1. The third-order valence-electron chi connectivity index (χ3n) is 2.79. The van der Waals surface area contributed by atoms with E-state index in [1.807, 2.05) is 0 Å². The highest BCUT2D eigenvalue weighted by Gasteiger charge is 2.14. The number of carboxylic acids is 1. The van der Waals surface area contributed by atoms with Gasteiger partial charge in [0.05, 0.1) is 12.1 Å². The first kappa shape index (κ1) is 13.4. The van der Waals surface area contributed by atoms with Gasteiger partial charge in [0, 0.05) is 11.5 Å². The molecule has 0 bridgehead atoms. The highest BCUT2D eigenvalue weighted by Crippen LogP contribution is 2.14. The smallest absolute Gasteiger partial charge is 0.352 e. The Morgan fingerprint density at radius 2 is 1.95 bits per heavy atom. The third-order valence-corrected chi connectivity index (χ3v) is 2.79. The maximum absolute atomic E-state index is 11.9. The number of hydrogen-bond donors (Lipinski definition) is 2. The minimum Gasteiger partial charge on any atom is -0.504 e. The van der Waals surface area contributed by atoms with E-state index in [-0.39, 0.29) is 23.1 Å². The van der Waals surface area contributed by atoms with Crippen LogP contribution in [0.5, 0.6) is 5.75 Å². The summed E-state index contributed by atoms with van der Waals surface area (Å²) in [6.45, 7) is -0.0859. The lowest BCUT2D eigenvalue weighted by atomic mass is 10.2. The van der Waals surface area contributed by atoms with Gasteiger partial charge in [-0.2, -0.15) is 0 Å². The number of terminal acetylenes is 1. The maximum Gasteiger partial charge on any atom is 0.352 e. The molecule has 0 radical (unpaired) electrons. The predicted molar refractivity (Wildman–Crippen MR) is 71.9 cm³/mol. The Balaban J connectivity index is 3.09. The third kappa shape index (κ3) is 2.12. The van der Waals surface area contributed by atoms with Crippen molar-refractivity contribution in [2.45, 2.75) is 6.54 Å². The second kappa shape index (κ2) is 4.90. The number of aromatic carboxylic acids is 1. The van der Waals surface area contributed by atoms with Gasteiger partial charge in [-0.15, -0.1) is 6.42 Å². The largest absolute Gasteiger partial charge is 0.504 e. The quantitative estimate of drug-likeness (QED) is 0.770. The number of aromatic hydroxyl groups is 1. The Hall–Kier alpha value is -3.07. The molecule has 0 saturated heterocycles.